The number of fused-ring (bicyclic) bond motifs is 1. The maximum absolute atomic E-state index is 13.1. The van der Waals surface area contributed by atoms with Gasteiger partial charge < -0.3 is 19.4 Å². The highest BCUT2D eigenvalue weighted by Crippen LogP contribution is 2.30. The van der Waals surface area contributed by atoms with Gasteiger partial charge in [-0.25, -0.2) is 4.79 Å². The fraction of sp³-hybridized carbons (Fsp3) is 0.619. The van der Waals surface area contributed by atoms with Gasteiger partial charge in [0.2, 0.25) is 5.91 Å². The molecule has 1 aromatic carbocycles. The molecule has 0 saturated carbocycles. The summed E-state index contributed by atoms with van der Waals surface area (Å²) in [5.41, 5.74) is 2.33. The molecule has 2 heterocycles. The number of carbonyl (C=O) groups is 2. The predicted molar refractivity (Wildman–Crippen MR) is 104 cm³/mol. The summed E-state index contributed by atoms with van der Waals surface area (Å²) in [5.74, 6) is 0.406. The van der Waals surface area contributed by atoms with Crippen molar-refractivity contribution in [1.82, 2.24) is 14.7 Å². The number of hydrogen-bond acceptors (Lipinski definition) is 3. The highest BCUT2D eigenvalue weighted by atomic mass is 16.5. The first kappa shape index (κ1) is 19.7. The van der Waals surface area contributed by atoms with Gasteiger partial charge >= 0.3 is 6.03 Å². The van der Waals surface area contributed by atoms with Crippen molar-refractivity contribution >= 4 is 11.9 Å². The van der Waals surface area contributed by atoms with Crippen LogP contribution in [0.1, 0.15) is 31.4 Å². The van der Waals surface area contributed by atoms with Crippen molar-refractivity contribution in [2.24, 2.45) is 5.92 Å². The number of nitrogens with zero attached hydrogens (tertiary/aromatic N) is 3. The lowest BCUT2D eigenvalue weighted by molar-refractivity contribution is -0.143. The van der Waals surface area contributed by atoms with Crippen molar-refractivity contribution in [1.29, 1.82) is 0 Å². The Labute approximate surface area is 162 Å². The van der Waals surface area contributed by atoms with Crippen LogP contribution in [0.25, 0.3) is 0 Å². The fourth-order valence-corrected chi connectivity index (χ4v) is 4.06. The van der Waals surface area contributed by atoms with Crippen LogP contribution in [0.4, 0.5) is 4.79 Å². The van der Waals surface area contributed by atoms with E-state index < -0.39 is 0 Å². The maximum Gasteiger partial charge on any atom is 0.321 e. The molecule has 0 unspecified atom stereocenters. The van der Waals surface area contributed by atoms with Crippen LogP contribution in [0, 0.1) is 12.8 Å². The third-order valence-corrected chi connectivity index (χ3v) is 5.43. The molecule has 6 nitrogen and oxygen atoms in total. The molecule has 2 saturated heterocycles. The number of aryl methyl sites for hydroxylation is 1. The van der Waals surface area contributed by atoms with Crippen LogP contribution >= 0.6 is 0 Å². The lowest BCUT2D eigenvalue weighted by Gasteiger charge is -2.42. The minimum Gasteiger partial charge on any atom is -0.383 e. The van der Waals surface area contributed by atoms with E-state index in [1.165, 1.54) is 5.56 Å². The zero-order valence-electron chi connectivity index (χ0n) is 16.9. The zero-order valence-corrected chi connectivity index (χ0v) is 16.9. The summed E-state index contributed by atoms with van der Waals surface area (Å²) in [4.78, 5) is 31.7. The Balaban J connectivity index is 1.78. The summed E-state index contributed by atoms with van der Waals surface area (Å²) in [7, 11) is 1.65. The Morgan fingerprint density at radius 2 is 1.78 bits per heavy atom. The summed E-state index contributed by atoms with van der Waals surface area (Å²) in [5, 5.41) is 0. The number of urea groups is 1. The largest absolute Gasteiger partial charge is 0.383 e. The normalized spacial score (nSPS) is 22.8. The van der Waals surface area contributed by atoms with Crippen molar-refractivity contribution in [3.63, 3.8) is 0 Å². The van der Waals surface area contributed by atoms with Crippen molar-refractivity contribution in [2.45, 2.75) is 45.8 Å². The Kier molecular flexibility index (Phi) is 6.05. The molecule has 0 bridgehead atoms. The van der Waals surface area contributed by atoms with Crippen molar-refractivity contribution < 1.29 is 14.3 Å². The third-order valence-electron chi connectivity index (χ3n) is 5.43. The molecule has 0 aliphatic carbocycles. The number of ether oxygens (including phenoxy) is 1. The van der Waals surface area contributed by atoms with Crippen LogP contribution in [0.15, 0.2) is 24.3 Å². The van der Waals surface area contributed by atoms with E-state index in [0.717, 1.165) is 5.56 Å². The van der Waals surface area contributed by atoms with Gasteiger partial charge in [-0.15, -0.1) is 0 Å². The van der Waals surface area contributed by atoms with Gasteiger partial charge in [0.05, 0.1) is 12.6 Å². The second-order valence-corrected chi connectivity index (χ2v) is 8.13. The SMILES string of the molecule is COCCN1C[C@@H]2CN(Cc3ccc(C)cc3)C(=O)N2[C@@H](CC(C)C)C1=O. The quantitative estimate of drug-likeness (QED) is 0.738. The number of carbonyl (C=O) groups excluding carboxylic acids is 2. The van der Waals surface area contributed by atoms with E-state index >= 15 is 0 Å². The summed E-state index contributed by atoms with van der Waals surface area (Å²) < 4.78 is 5.17. The number of benzene rings is 1. The Morgan fingerprint density at radius 3 is 2.41 bits per heavy atom. The summed E-state index contributed by atoms with van der Waals surface area (Å²) in [6.07, 6.45) is 0.697. The van der Waals surface area contributed by atoms with Crippen LogP contribution in [0.3, 0.4) is 0 Å². The number of amides is 3. The van der Waals surface area contributed by atoms with Gasteiger partial charge in [0.15, 0.2) is 0 Å². The minimum absolute atomic E-state index is 0.00836. The maximum atomic E-state index is 13.1. The monoisotopic (exact) mass is 373 g/mol. The molecule has 148 valence electrons. The van der Waals surface area contributed by atoms with Gasteiger partial charge in [-0.2, -0.15) is 0 Å². The molecule has 2 atom stereocenters. The average molecular weight is 373 g/mol. The number of methoxy groups -OCH3 is 1. The summed E-state index contributed by atoms with van der Waals surface area (Å²) >= 11 is 0. The molecule has 0 radical (unpaired) electrons. The molecule has 3 amide bonds. The molecular weight excluding hydrogens is 342 g/mol. The Morgan fingerprint density at radius 1 is 1.11 bits per heavy atom. The molecular formula is C21H31N3O3. The molecule has 0 aromatic heterocycles. The molecule has 2 fully saturated rings. The highest BCUT2D eigenvalue weighted by molar-refractivity contribution is 5.90. The van der Waals surface area contributed by atoms with E-state index in [0.29, 0.717) is 45.1 Å². The Hall–Kier alpha value is -2.08. The topological polar surface area (TPSA) is 53.1 Å². The molecule has 3 rings (SSSR count). The summed E-state index contributed by atoms with van der Waals surface area (Å²) in [6, 6.07) is 7.97. The number of rotatable bonds is 7. The molecule has 27 heavy (non-hydrogen) atoms. The van der Waals surface area contributed by atoms with Gasteiger partial charge in [0.1, 0.15) is 6.04 Å². The van der Waals surface area contributed by atoms with Gasteiger partial charge in [0, 0.05) is 33.3 Å². The smallest absolute Gasteiger partial charge is 0.321 e. The van der Waals surface area contributed by atoms with Crippen molar-refractivity contribution in [3.8, 4) is 0 Å². The van der Waals surface area contributed by atoms with E-state index in [-0.39, 0.29) is 24.0 Å². The van der Waals surface area contributed by atoms with Gasteiger partial charge in [-0.05, 0) is 24.8 Å². The van der Waals surface area contributed by atoms with Crippen molar-refractivity contribution in [3.05, 3.63) is 35.4 Å². The minimum atomic E-state index is -0.365. The predicted octanol–water partition coefficient (Wildman–Crippen LogP) is 2.50. The zero-order chi connectivity index (χ0) is 19.6. The first-order valence-corrected chi connectivity index (χ1v) is 9.81. The second kappa shape index (κ2) is 8.30. The van der Waals surface area contributed by atoms with Crippen LogP contribution in [-0.2, 0) is 16.1 Å². The molecule has 2 aliphatic rings. The standard InChI is InChI=1S/C21H31N3O3/c1-15(2)11-19-20(25)22(9-10-27-4)13-18-14-23(21(26)24(18)19)12-17-7-5-16(3)6-8-17/h5-8,15,18-19H,9-14H2,1-4H3/t18-,19+/m1/s1. The van der Waals surface area contributed by atoms with Gasteiger partial charge in [-0.3, -0.25) is 4.79 Å². The first-order chi connectivity index (χ1) is 12.9. The lowest BCUT2D eigenvalue weighted by Crippen LogP contribution is -2.61. The third kappa shape index (κ3) is 4.26. The first-order valence-electron chi connectivity index (χ1n) is 9.81. The Bertz CT molecular complexity index is 674. The number of piperazine rings is 1. The van der Waals surface area contributed by atoms with Gasteiger partial charge in [0.25, 0.3) is 0 Å². The van der Waals surface area contributed by atoms with E-state index in [1.54, 1.807) is 7.11 Å². The van der Waals surface area contributed by atoms with E-state index in [2.05, 4.69) is 45.0 Å². The fourth-order valence-electron chi connectivity index (χ4n) is 4.06. The van der Waals surface area contributed by atoms with Crippen LogP contribution in [0.2, 0.25) is 0 Å². The van der Waals surface area contributed by atoms with Crippen LogP contribution in [0.5, 0.6) is 0 Å². The lowest BCUT2D eigenvalue weighted by atomic mass is 9.97. The van der Waals surface area contributed by atoms with Crippen LogP contribution in [-0.4, -0.2) is 72.1 Å². The van der Waals surface area contributed by atoms with Crippen molar-refractivity contribution in [2.75, 3.05) is 33.4 Å². The van der Waals surface area contributed by atoms with E-state index in [4.69, 9.17) is 4.74 Å². The average Bonchev–Trinajstić information content (AvgIpc) is 2.93. The van der Waals surface area contributed by atoms with Crippen LogP contribution < -0.4 is 0 Å². The molecule has 2 aliphatic heterocycles. The molecule has 0 N–H and O–H groups in total. The molecule has 6 heteroatoms. The molecule has 0 spiro atoms. The second-order valence-electron chi connectivity index (χ2n) is 8.13. The van der Waals surface area contributed by atoms with E-state index in [1.807, 2.05) is 14.7 Å². The van der Waals surface area contributed by atoms with Gasteiger partial charge in [-0.1, -0.05) is 43.7 Å². The molecule has 1 aromatic rings. The highest BCUT2D eigenvalue weighted by Gasteiger charge is 2.49. The van der Waals surface area contributed by atoms with E-state index in [9.17, 15) is 9.59 Å². The summed E-state index contributed by atoms with van der Waals surface area (Å²) in [6.45, 7) is 9.20. The number of hydrogen-bond donors (Lipinski definition) is 0.